The zero-order chi connectivity index (χ0) is 21.8. The minimum atomic E-state index is -1.05. The SMILES string of the molecule is CC(C)=C1C=c2ccccc2=[C]1[Zr+2][c]1[nH]c2cccc(C(C)(C)C)c2c1C(C)(C)C.[Cl-].[Cl-]. The number of aromatic amines is 1. The Morgan fingerprint density at radius 2 is 1.47 bits per heavy atom. The van der Waals surface area contributed by atoms with Gasteiger partial charge in [-0.3, -0.25) is 0 Å². The van der Waals surface area contributed by atoms with Crippen LogP contribution in [0.15, 0.2) is 53.6 Å². The molecule has 0 saturated heterocycles. The van der Waals surface area contributed by atoms with Crippen molar-refractivity contribution in [1.29, 1.82) is 0 Å². The van der Waals surface area contributed by atoms with Crippen molar-refractivity contribution in [2.24, 2.45) is 0 Å². The Hall–Kier alpha value is -1.08. The van der Waals surface area contributed by atoms with E-state index in [-0.39, 0.29) is 35.6 Å². The Balaban J connectivity index is 0.00000181. The van der Waals surface area contributed by atoms with Gasteiger partial charge in [0, 0.05) is 0 Å². The van der Waals surface area contributed by atoms with E-state index in [1.807, 2.05) is 0 Å². The van der Waals surface area contributed by atoms with Crippen LogP contribution in [0.4, 0.5) is 0 Å². The molecular weight excluding hydrogens is 512 g/mol. The topological polar surface area (TPSA) is 15.8 Å². The van der Waals surface area contributed by atoms with Gasteiger partial charge in [0.15, 0.2) is 0 Å². The summed E-state index contributed by atoms with van der Waals surface area (Å²) in [4.78, 5) is 3.92. The quantitative estimate of drug-likeness (QED) is 0.444. The van der Waals surface area contributed by atoms with Crippen LogP contribution in [0, 0.1) is 0 Å². The maximum atomic E-state index is 3.92. The Bertz CT molecular complexity index is 1290. The standard InChI is InChI=1S/C16H22N.C12H11.2ClH.Zr/c1-15(2,3)11-8-7-9-13-14(11)12(10-17-13)16(4,5)6;1-9(2)12-7-10-5-3-4-6-11(10)8-12;;;/h7-9,17H,1-6H3;3-7H,1-2H3;2*1H;/q;;;;+2/p-2. The molecule has 0 bridgehead atoms. The van der Waals surface area contributed by atoms with E-state index in [4.69, 9.17) is 0 Å². The van der Waals surface area contributed by atoms with E-state index in [1.54, 1.807) is 8.84 Å². The van der Waals surface area contributed by atoms with Crippen LogP contribution < -0.4 is 38.7 Å². The summed E-state index contributed by atoms with van der Waals surface area (Å²) in [5, 5.41) is 4.30. The van der Waals surface area contributed by atoms with Gasteiger partial charge in [0.2, 0.25) is 0 Å². The van der Waals surface area contributed by atoms with Gasteiger partial charge in [-0.15, -0.1) is 0 Å². The minimum Gasteiger partial charge on any atom is -1.00 e. The van der Waals surface area contributed by atoms with Crippen LogP contribution in [0.25, 0.3) is 20.3 Å². The van der Waals surface area contributed by atoms with E-state index in [9.17, 15) is 0 Å². The van der Waals surface area contributed by atoms with Crippen LogP contribution in [0.2, 0.25) is 0 Å². The van der Waals surface area contributed by atoms with E-state index in [0.29, 0.717) is 0 Å². The second-order valence-corrected chi connectivity index (χ2v) is 13.8. The number of halogens is 2. The minimum absolute atomic E-state index is 0. The predicted molar refractivity (Wildman–Crippen MR) is 127 cm³/mol. The van der Waals surface area contributed by atoms with Gasteiger partial charge in [-0.05, 0) is 0 Å². The van der Waals surface area contributed by atoms with Gasteiger partial charge in [-0.25, -0.2) is 0 Å². The van der Waals surface area contributed by atoms with Gasteiger partial charge in [-0.2, -0.15) is 0 Å². The number of aromatic nitrogens is 1. The summed E-state index contributed by atoms with van der Waals surface area (Å²) in [6.07, 6.45) is 2.40. The van der Waals surface area contributed by atoms with Crippen LogP contribution in [0.3, 0.4) is 0 Å². The molecule has 3 aromatic rings. The maximum Gasteiger partial charge on any atom is -1.00 e. The Kier molecular flexibility index (Phi) is 8.20. The molecule has 0 spiro atoms. The molecule has 0 aliphatic heterocycles. The summed E-state index contributed by atoms with van der Waals surface area (Å²) in [5.74, 6) is 0. The molecule has 1 aromatic heterocycles. The smallest absolute Gasteiger partial charge is 1.00 e. The first-order chi connectivity index (χ1) is 14.0. The third-order valence-corrected chi connectivity index (χ3v) is 9.44. The number of allylic oxidation sites excluding steroid dienone is 2. The maximum absolute atomic E-state index is 3.92. The van der Waals surface area contributed by atoms with Crippen LogP contribution >= 0.6 is 0 Å². The first-order valence-electron chi connectivity index (χ1n) is 10.9. The van der Waals surface area contributed by atoms with Gasteiger partial charge in [0.05, 0.1) is 0 Å². The number of hydrogen-bond acceptors (Lipinski definition) is 0. The van der Waals surface area contributed by atoms with Crippen LogP contribution in [-0.4, -0.2) is 4.98 Å². The molecule has 2 aromatic carbocycles. The molecule has 168 valence electrons. The monoisotopic (exact) mass is 543 g/mol. The second kappa shape index (κ2) is 9.65. The van der Waals surface area contributed by atoms with Crippen molar-refractivity contribution in [3.8, 4) is 0 Å². The fourth-order valence-corrected chi connectivity index (χ4v) is 9.24. The Labute approximate surface area is 216 Å². The van der Waals surface area contributed by atoms with E-state index < -0.39 is 23.2 Å². The van der Waals surface area contributed by atoms with E-state index in [2.05, 4.69) is 109 Å². The van der Waals surface area contributed by atoms with Gasteiger partial charge in [-0.1, -0.05) is 0 Å². The Morgan fingerprint density at radius 1 is 0.812 bits per heavy atom. The van der Waals surface area contributed by atoms with Gasteiger partial charge >= 0.3 is 193 Å². The zero-order valence-electron chi connectivity index (χ0n) is 20.4. The molecule has 4 rings (SSSR count). The molecule has 1 aliphatic carbocycles. The average Bonchev–Trinajstić information content (AvgIpc) is 3.19. The summed E-state index contributed by atoms with van der Waals surface area (Å²) in [5.41, 5.74) is 7.41. The molecular formula is C28H33Cl2NZr. The van der Waals surface area contributed by atoms with Crippen LogP contribution in [-0.2, 0) is 34.1 Å². The summed E-state index contributed by atoms with van der Waals surface area (Å²) >= 11 is -1.05. The summed E-state index contributed by atoms with van der Waals surface area (Å²) in [6.45, 7) is 18.6. The second-order valence-electron chi connectivity index (χ2n) is 10.7. The number of hydrogen-bond donors (Lipinski definition) is 1. The molecule has 1 nitrogen and oxygen atoms in total. The van der Waals surface area contributed by atoms with Crippen molar-refractivity contribution in [2.75, 3.05) is 0 Å². The molecule has 0 radical (unpaired) electrons. The summed E-state index contributed by atoms with van der Waals surface area (Å²) in [7, 11) is 0. The van der Waals surface area contributed by atoms with E-state index >= 15 is 0 Å². The van der Waals surface area contributed by atoms with Crippen molar-refractivity contribution in [2.45, 2.75) is 66.2 Å². The fourth-order valence-electron chi connectivity index (χ4n) is 4.59. The molecule has 1 aliphatic rings. The summed E-state index contributed by atoms with van der Waals surface area (Å²) in [6, 6.07) is 15.7. The first kappa shape index (κ1) is 27.2. The zero-order valence-corrected chi connectivity index (χ0v) is 24.3. The predicted octanol–water partition coefficient (Wildman–Crippen LogP) is -0.582. The van der Waals surface area contributed by atoms with Crippen molar-refractivity contribution in [3.05, 3.63) is 75.2 Å². The molecule has 1 N–H and O–H groups in total. The van der Waals surface area contributed by atoms with Crippen LogP contribution in [0.1, 0.15) is 66.5 Å². The average molecular weight is 546 g/mol. The third-order valence-electron chi connectivity index (χ3n) is 5.97. The fraction of sp³-hybridized carbons (Fsp3) is 0.357. The first-order valence-corrected chi connectivity index (χ1v) is 13.4. The summed E-state index contributed by atoms with van der Waals surface area (Å²) < 4.78 is 3.14. The van der Waals surface area contributed by atoms with E-state index in [0.717, 1.165) is 0 Å². The van der Waals surface area contributed by atoms with Crippen molar-refractivity contribution >= 4 is 23.7 Å². The Morgan fingerprint density at radius 3 is 2.06 bits per heavy atom. The van der Waals surface area contributed by atoms with Crippen LogP contribution in [0.5, 0.6) is 0 Å². The van der Waals surface area contributed by atoms with Crippen molar-refractivity contribution < 1.29 is 48.0 Å². The number of rotatable bonds is 2. The normalized spacial score (nSPS) is 13.1. The molecule has 1 heterocycles. The molecule has 0 unspecified atom stereocenters. The molecule has 32 heavy (non-hydrogen) atoms. The number of benzene rings is 2. The van der Waals surface area contributed by atoms with Gasteiger partial charge < -0.3 is 24.8 Å². The van der Waals surface area contributed by atoms with E-state index in [1.165, 1.54) is 41.5 Å². The number of fused-ring (bicyclic) bond motifs is 2. The molecule has 4 heteroatoms. The molecule has 0 amide bonds. The number of nitrogens with one attached hydrogen (secondary N) is 1. The van der Waals surface area contributed by atoms with Crippen molar-refractivity contribution in [1.82, 2.24) is 4.98 Å². The molecule has 0 atom stereocenters. The van der Waals surface area contributed by atoms with Gasteiger partial charge in [0.25, 0.3) is 0 Å². The van der Waals surface area contributed by atoms with Gasteiger partial charge in [0.1, 0.15) is 0 Å². The molecule has 0 fully saturated rings. The third kappa shape index (κ3) is 4.89. The van der Waals surface area contributed by atoms with Crippen molar-refractivity contribution in [3.63, 3.8) is 0 Å². The molecule has 0 saturated carbocycles. The number of H-pyrrole nitrogens is 1. The largest absolute Gasteiger partial charge is 1.00 e.